The van der Waals surface area contributed by atoms with Gasteiger partial charge in [-0.25, -0.2) is 4.98 Å². The zero-order chi connectivity index (χ0) is 13.8. The van der Waals surface area contributed by atoms with E-state index in [-0.39, 0.29) is 5.91 Å². The van der Waals surface area contributed by atoms with E-state index < -0.39 is 0 Å². The summed E-state index contributed by atoms with van der Waals surface area (Å²) < 4.78 is 0. The van der Waals surface area contributed by atoms with Crippen molar-refractivity contribution in [3.05, 3.63) is 47.2 Å². The molecule has 0 aliphatic carbocycles. The normalized spacial score (nSPS) is 10.8. The molecule has 98 valence electrons. The number of rotatable bonds is 3. The summed E-state index contributed by atoms with van der Waals surface area (Å²) in [5, 5.41) is 3.83. The van der Waals surface area contributed by atoms with Gasteiger partial charge in [0, 0.05) is 6.08 Å². The van der Waals surface area contributed by atoms with Crippen LogP contribution < -0.4 is 11.1 Å². The number of nitrogens with one attached hydrogen (secondary N) is 1. The van der Waals surface area contributed by atoms with Crippen LogP contribution in [0.1, 0.15) is 16.8 Å². The Morgan fingerprint density at radius 2 is 2.00 bits per heavy atom. The number of aromatic nitrogens is 1. The molecule has 1 aromatic heterocycles. The Balaban J connectivity index is 1.99. The number of thiazole rings is 1. The van der Waals surface area contributed by atoms with E-state index in [1.165, 1.54) is 23.0 Å². The van der Waals surface area contributed by atoms with E-state index in [1.807, 2.05) is 38.1 Å². The van der Waals surface area contributed by atoms with E-state index >= 15 is 0 Å². The minimum atomic E-state index is -0.214. The van der Waals surface area contributed by atoms with Crippen LogP contribution >= 0.6 is 11.3 Å². The molecule has 0 aliphatic heterocycles. The summed E-state index contributed by atoms with van der Waals surface area (Å²) in [7, 11) is 0. The highest BCUT2D eigenvalue weighted by atomic mass is 32.1. The van der Waals surface area contributed by atoms with Crippen LogP contribution in [0.25, 0.3) is 6.08 Å². The van der Waals surface area contributed by atoms with Crippen molar-refractivity contribution < 1.29 is 4.79 Å². The molecule has 0 radical (unpaired) electrons. The molecular weight excluding hydrogens is 258 g/mol. The molecule has 0 spiro atoms. The number of hydrogen-bond acceptors (Lipinski definition) is 4. The van der Waals surface area contributed by atoms with Crippen LogP contribution in [0.3, 0.4) is 0 Å². The molecule has 0 atom stereocenters. The van der Waals surface area contributed by atoms with E-state index in [2.05, 4.69) is 10.3 Å². The van der Waals surface area contributed by atoms with Gasteiger partial charge in [0.2, 0.25) is 5.91 Å². The van der Waals surface area contributed by atoms with Crippen molar-refractivity contribution in [1.29, 1.82) is 0 Å². The fraction of sp³-hybridized carbons (Fsp3) is 0.143. The van der Waals surface area contributed by atoms with Gasteiger partial charge >= 0.3 is 0 Å². The highest BCUT2D eigenvalue weighted by Gasteiger charge is 2.05. The molecule has 2 rings (SSSR count). The van der Waals surface area contributed by atoms with Crippen molar-refractivity contribution in [2.45, 2.75) is 13.8 Å². The van der Waals surface area contributed by atoms with Gasteiger partial charge in [-0.15, -0.1) is 0 Å². The standard InChI is InChI=1S/C14H15N3OS/c1-9-3-5-11(6-4-9)7-8-12(18)17-14-16-10(2)13(15)19-14/h3-8H,15H2,1-2H3,(H,16,17,18)/b8-7+. The first-order valence-electron chi connectivity index (χ1n) is 5.83. The molecule has 5 heteroatoms. The second-order valence-corrected chi connectivity index (χ2v) is 5.23. The molecule has 1 heterocycles. The number of amides is 1. The predicted octanol–water partition coefficient (Wildman–Crippen LogP) is 2.99. The molecule has 1 aromatic carbocycles. The quantitative estimate of drug-likeness (QED) is 0.845. The van der Waals surface area contributed by atoms with Crippen molar-refractivity contribution in [3.8, 4) is 0 Å². The molecule has 0 saturated heterocycles. The van der Waals surface area contributed by atoms with E-state index in [9.17, 15) is 4.79 Å². The largest absolute Gasteiger partial charge is 0.389 e. The SMILES string of the molecule is Cc1ccc(/C=C/C(=O)Nc2nc(C)c(N)s2)cc1. The third-order valence-corrected chi connectivity index (χ3v) is 3.47. The zero-order valence-corrected chi connectivity index (χ0v) is 11.6. The molecule has 4 nitrogen and oxygen atoms in total. The first-order chi connectivity index (χ1) is 9.04. The monoisotopic (exact) mass is 273 g/mol. The topological polar surface area (TPSA) is 68.0 Å². The van der Waals surface area contributed by atoms with Gasteiger partial charge in [0.05, 0.1) is 5.69 Å². The summed E-state index contributed by atoms with van der Waals surface area (Å²) >= 11 is 1.27. The van der Waals surface area contributed by atoms with Gasteiger partial charge in [0.25, 0.3) is 0 Å². The lowest BCUT2D eigenvalue weighted by molar-refractivity contribution is -0.111. The lowest BCUT2D eigenvalue weighted by Gasteiger charge is -1.96. The van der Waals surface area contributed by atoms with Crippen molar-refractivity contribution in [3.63, 3.8) is 0 Å². The number of nitrogen functional groups attached to an aromatic ring is 1. The Kier molecular flexibility index (Phi) is 3.97. The minimum absolute atomic E-state index is 0.214. The van der Waals surface area contributed by atoms with Crippen molar-refractivity contribution in [1.82, 2.24) is 4.98 Å². The fourth-order valence-corrected chi connectivity index (χ4v) is 2.19. The summed E-state index contributed by atoms with van der Waals surface area (Å²) in [6.07, 6.45) is 3.25. The van der Waals surface area contributed by atoms with Gasteiger partial charge in [-0.05, 0) is 25.5 Å². The highest BCUT2D eigenvalue weighted by Crippen LogP contribution is 2.24. The van der Waals surface area contributed by atoms with E-state index in [0.29, 0.717) is 10.1 Å². The molecule has 0 bridgehead atoms. The molecular formula is C14H15N3OS. The molecule has 19 heavy (non-hydrogen) atoms. The molecule has 2 aromatic rings. The average Bonchev–Trinajstić information content (AvgIpc) is 2.67. The summed E-state index contributed by atoms with van der Waals surface area (Å²) in [6, 6.07) is 7.93. The van der Waals surface area contributed by atoms with Gasteiger partial charge in [0.1, 0.15) is 5.00 Å². The van der Waals surface area contributed by atoms with Gasteiger partial charge in [-0.1, -0.05) is 41.2 Å². The Hall–Kier alpha value is -2.14. The number of benzene rings is 1. The number of carbonyl (C=O) groups excluding carboxylic acids is 1. The summed E-state index contributed by atoms with van der Waals surface area (Å²) in [6.45, 7) is 3.83. The van der Waals surface area contributed by atoms with Crippen LogP contribution in [-0.2, 0) is 4.79 Å². The van der Waals surface area contributed by atoms with Crippen LogP contribution in [0.15, 0.2) is 30.3 Å². The number of anilines is 2. The Morgan fingerprint density at radius 3 is 2.58 bits per heavy atom. The first-order valence-corrected chi connectivity index (χ1v) is 6.65. The van der Waals surface area contributed by atoms with Crippen LogP contribution in [0.2, 0.25) is 0 Å². The van der Waals surface area contributed by atoms with Crippen LogP contribution in [0.4, 0.5) is 10.1 Å². The predicted molar refractivity (Wildman–Crippen MR) is 80.1 cm³/mol. The maximum atomic E-state index is 11.7. The van der Waals surface area contributed by atoms with Gasteiger partial charge in [-0.3, -0.25) is 10.1 Å². The molecule has 1 amide bonds. The third-order valence-electron chi connectivity index (χ3n) is 2.57. The molecule has 0 fully saturated rings. The number of nitrogens with zero attached hydrogens (tertiary/aromatic N) is 1. The lowest BCUT2D eigenvalue weighted by atomic mass is 10.1. The second-order valence-electron chi connectivity index (χ2n) is 4.20. The van der Waals surface area contributed by atoms with Gasteiger partial charge < -0.3 is 5.73 Å². The number of aryl methyl sites for hydroxylation is 2. The van der Waals surface area contributed by atoms with Crippen LogP contribution in [0.5, 0.6) is 0 Å². The maximum Gasteiger partial charge on any atom is 0.250 e. The maximum absolute atomic E-state index is 11.7. The first kappa shape index (κ1) is 13.3. The van der Waals surface area contributed by atoms with E-state index in [4.69, 9.17) is 5.73 Å². The number of nitrogens with two attached hydrogens (primary N) is 1. The summed E-state index contributed by atoms with van der Waals surface area (Å²) in [4.78, 5) is 15.8. The smallest absolute Gasteiger partial charge is 0.250 e. The third kappa shape index (κ3) is 3.66. The average molecular weight is 273 g/mol. The fourth-order valence-electron chi connectivity index (χ4n) is 1.46. The van der Waals surface area contributed by atoms with Crippen LogP contribution in [-0.4, -0.2) is 10.9 Å². The van der Waals surface area contributed by atoms with Crippen molar-refractivity contribution >= 4 is 33.5 Å². The Labute approximate surface area is 116 Å². The highest BCUT2D eigenvalue weighted by molar-refractivity contribution is 7.19. The number of carbonyl (C=O) groups is 1. The molecule has 0 aliphatic rings. The minimum Gasteiger partial charge on any atom is -0.389 e. The van der Waals surface area contributed by atoms with E-state index in [0.717, 1.165) is 11.3 Å². The van der Waals surface area contributed by atoms with Crippen molar-refractivity contribution in [2.75, 3.05) is 11.1 Å². The molecule has 3 N–H and O–H groups in total. The lowest BCUT2D eigenvalue weighted by Crippen LogP contribution is -2.07. The second kappa shape index (κ2) is 5.67. The number of hydrogen-bond donors (Lipinski definition) is 2. The van der Waals surface area contributed by atoms with Gasteiger partial charge in [0.15, 0.2) is 5.13 Å². The summed E-state index contributed by atoms with van der Waals surface area (Å²) in [5.41, 5.74) is 8.59. The van der Waals surface area contributed by atoms with Crippen molar-refractivity contribution in [2.24, 2.45) is 0 Å². The Bertz CT molecular complexity index is 595. The Morgan fingerprint density at radius 1 is 1.32 bits per heavy atom. The van der Waals surface area contributed by atoms with Crippen LogP contribution in [0, 0.1) is 13.8 Å². The van der Waals surface area contributed by atoms with Gasteiger partial charge in [-0.2, -0.15) is 0 Å². The summed E-state index contributed by atoms with van der Waals surface area (Å²) in [5.74, 6) is -0.214. The molecule has 0 saturated carbocycles. The van der Waals surface area contributed by atoms with E-state index in [1.54, 1.807) is 6.08 Å². The molecule has 0 unspecified atom stereocenters. The zero-order valence-electron chi connectivity index (χ0n) is 10.8.